The van der Waals surface area contributed by atoms with Crippen molar-refractivity contribution in [1.82, 2.24) is 58.1 Å². The molecule has 33 heteroatoms. The highest BCUT2D eigenvalue weighted by Gasteiger charge is 2.40. The van der Waals surface area contributed by atoms with Crippen molar-refractivity contribution in [3.05, 3.63) is 35.9 Å². The largest absolute Gasteiger partial charge is 0.480 e. The van der Waals surface area contributed by atoms with Crippen LogP contribution in [-0.2, 0) is 78.3 Å². The summed E-state index contributed by atoms with van der Waals surface area (Å²) in [6, 6.07) is -7.11. The predicted molar refractivity (Wildman–Crippen MR) is 381 cm³/mol. The fourth-order valence-electron chi connectivity index (χ4n) is 11.7. The molecule has 104 heavy (non-hydrogen) atoms. The monoisotopic (exact) mass is 1470 g/mol. The number of likely N-dealkylation sites (tertiary alicyclic amines) is 1. The van der Waals surface area contributed by atoms with Crippen molar-refractivity contribution in [2.45, 2.75) is 289 Å². The lowest BCUT2D eigenvalue weighted by molar-refractivity contribution is -0.142. The molecule has 1 fully saturated rings. The third-order valence-corrected chi connectivity index (χ3v) is 17.8. The van der Waals surface area contributed by atoms with Gasteiger partial charge in [0.25, 0.3) is 0 Å². The molecule has 33 nitrogen and oxygen atoms in total. The Hall–Kier alpha value is -8.85. The van der Waals surface area contributed by atoms with Gasteiger partial charge in [-0.05, 0) is 89.0 Å². The highest BCUT2D eigenvalue weighted by molar-refractivity contribution is 5.99. The molecule has 0 saturated carbocycles. The zero-order valence-corrected chi connectivity index (χ0v) is 61.8. The fourth-order valence-corrected chi connectivity index (χ4v) is 11.7. The second-order valence-electron chi connectivity index (χ2n) is 28.0. The number of nitrogens with one attached hydrogen (secondary N) is 10. The minimum absolute atomic E-state index is 0.0353. The molecule has 1 aromatic rings. The molecule has 2 rings (SSSR count). The van der Waals surface area contributed by atoms with Gasteiger partial charge in [-0.25, -0.2) is 4.79 Å². The van der Waals surface area contributed by atoms with Gasteiger partial charge in [0.2, 0.25) is 76.8 Å². The number of benzene rings is 1. The highest BCUT2D eigenvalue weighted by atomic mass is 16.4. The molecule has 1 aromatic carbocycles. The number of carbonyl (C=O) groups excluding carboxylic acids is 13. The number of carbonyl (C=O) groups is 15. The number of nitrogens with zero attached hydrogens (tertiary/aromatic N) is 1. The van der Waals surface area contributed by atoms with E-state index >= 15 is 0 Å². The lowest BCUT2D eigenvalue weighted by Crippen LogP contribution is -2.62. The van der Waals surface area contributed by atoms with Gasteiger partial charge in [-0.2, -0.15) is 0 Å². The Kier molecular flexibility index (Phi) is 42.3. The van der Waals surface area contributed by atoms with E-state index in [9.17, 15) is 97.5 Å². The van der Waals surface area contributed by atoms with Crippen molar-refractivity contribution < 1.29 is 97.5 Å². The van der Waals surface area contributed by atoms with Crippen molar-refractivity contribution in [2.75, 3.05) is 13.2 Å². The van der Waals surface area contributed by atoms with Crippen molar-refractivity contribution >= 4 is 88.7 Å². The van der Waals surface area contributed by atoms with Gasteiger partial charge >= 0.3 is 11.9 Å². The van der Waals surface area contributed by atoms with Crippen molar-refractivity contribution in [3.63, 3.8) is 0 Å². The van der Waals surface area contributed by atoms with Gasteiger partial charge in [-0.15, -0.1) is 0 Å². The Morgan fingerprint density at radius 3 is 1.37 bits per heavy atom. The van der Waals surface area contributed by atoms with Crippen LogP contribution in [0.2, 0.25) is 0 Å². The van der Waals surface area contributed by atoms with Crippen LogP contribution in [0.3, 0.4) is 0 Å². The molecule has 13 amide bonds. The SMILES string of the molecule is CC[C@H](C)[C@H](NC(=O)[C@H](CCC(N)=O)NC(=O)[C@@H]1CCCN1C(=O)CCCCCCCCCCCCCCC(=O)N[C@@H](CO)C(=O)N[C@H](C(=O)N[C@@H](CC(C)C)C(=O)N[C@@H](CC(N)=O)C(=O)N[C@@H](Cc1ccccc1)C(=O)O)[C@@H](C)O)C(=O)N[C@H](C(=O)N[C@@H](CC(C)C)C(=O)N[C@@H](C)C(=O)O)[C@@H](C)O. The quantitative estimate of drug-likeness (QED) is 0.0374. The van der Waals surface area contributed by atoms with Crippen molar-refractivity contribution in [3.8, 4) is 0 Å². The first-order chi connectivity index (χ1) is 49.0. The summed E-state index contributed by atoms with van der Waals surface area (Å²) in [7, 11) is 0. The molecule has 0 radical (unpaired) electrons. The molecule has 0 spiro atoms. The zero-order valence-electron chi connectivity index (χ0n) is 61.8. The predicted octanol–water partition coefficient (Wildman–Crippen LogP) is -0.248. The van der Waals surface area contributed by atoms with Gasteiger partial charge in [0, 0.05) is 32.2 Å². The van der Waals surface area contributed by atoms with Crippen LogP contribution in [0, 0.1) is 17.8 Å². The molecule has 14 atom stereocenters. The number of amides is 13. The van der Waals surface area contributed by atoms with Crippen molar-refractivity contribution in [2.24, 2.45) is 29.2 Å². The second-order valence-corrected chi connectivity index (χ2v) is 28.0. The van der Waals surface area contributed by atoms with Crippen LogP contribution in [0.4, 0.5) is 0 Å². The molecule has 0 aromatic heterocycles. The van der Waals surface area contributed by atoms with E-state index in [4.69, 9.17) is 11.5 Å². The van der Waals surface area contributed by atoms with Crippen LogP contribution < -0.4 is 64.6 Å². The molecular formula is C71H117N13O20. The molecule has 19 N–H and O–H groups in total. The van der Waals surface area contributed by atoms with E-state index in [1.807, 2.05) is 0 Å². The van der Waals surface area contributed by atoms with E-state index in [1.54, 1.807) is 71.9 Å². The lowest BCUT2D eigenvalue weighted by atomic mass is 9.96. The number of primary amides is 2. The molecule has 0 aliphatic carbocycles. The maximum atomic E-state index is 14.0. The lowest BCUT2D eigenvalue weighted by Gasteiger charge is -2.30. The van der Waals surface area contributed by atoms with E-state index < -0.39 is 180 Å². The van der Waals surface area contributed by atoms with Crippen LogP contribution in [-0.4, -0.2) is 211 Å². The molecular weight excluding hydrogens is 1350 g/mol. The van der Waals surface area contributed by atoms with Crippen LogP contribution in [0.5, 0.6) is 0 Å². The third kappa shape index (κ3) is 34.6. The standard InChI is InChI=1S/C71H117N13O20/c1-10-42(6)58(67(98)83-60(45(9)87)69(100)78-48(35-40(2)3)62(93)74-43(7)70(101)102)81-61(92)47(32-33-54(72)88)76-66(97)53-29-26-34-84(53)57(91)31-25-20-18-16-14-12-11-13-15-17-19-24-30-56(90)75-52(39-85)65(96)82-59(44(8)86)68(99)79-49(36-41(4)5)63(94)77-50(38-55(73)89)64(95)80-51(71(103)104)37-46-27-22-21-23-28-46/h21-23,27-28,40-45,47-53,58-60,85-87H,10-20,24-26,29-39H2,1-9H3,(H2,72,88)(H2,73,89)(H,74,93)(H,75,90)(H,76,97)(H,77,94)(H,78,100)(H,79,99)(H,80,95)(H,81,92)(H,82,96)(H,83,98)(H,101,102)(H,103,104)/t42-,43-,44+,45+,47-,48-,49-,50-,51-,52-,53-,58-,59-,60-/m0/s1. The molecule has 1 heterocycles. The number of carboxylic acid groups (broad SMARTS) is 2. The van der Waals surface area contributed by atoms with Gasteiger partial charge in [-0.1, -0.05) is 143 Å². The third-order valence-electron chi connectivity index (χ3n) is 17.8. The topological polar surface area (TPSA) is 533 Å². The minimum Gasteiger partial charge on any atom is -0.480 e. The summed E-state index contributed by atoms with van der Waals surface area (Å²) in [5, 5.41) is 75.0. The van der Waals surface area contributed by atoms with Gasteiger partial charge in [0.1, 0.15) is 66.5 Å². The molecule has 0 unspecified atom stereocenters. The number of hydrogen-bond acceptors (Lipinski definition) is 18. The van der Waals surface area contributed by atoms with Gasteiger partial charge in [0.15, 0.2) is 0 Å². The first-order valence-electron chi connectivity index (χ1n) is 36.4. The minimum atomic E-state index is -1.70. The zero-order chi connectivity index (χ0) is 78.3. The molecule has 1 aliphatic heterocycles. The van der Waals surface area contributed by atoms with E-state index in [0.717, 1.165) is 57.8 Å². The summed E-state index contributed by atoms with van der Waals surface area (Å²) in [4.78, 5) is 198. The van der Waals surface area contributed by atoms with Gasteiger partial charge in [0.05, 0.1) is 25.2 Å². The second kappa shape index (κ2) is 48.2. The summed E-state index contributed by atoms with van der Waals surface area (Å²) < 4.78 is 0. The van der Waals surface area contributed by atoms with Crippen LogP contribution in [0.25, 0.3) is 0 Å². The average molecular weight is 1470 g/mol. The fraction of sp³-hybridized carbons (Fsp3) is 0.704. The number of aliphatic hydroxyl groups is 3. The Labute approximate surface area is 608 Å². The number of hydrogen-bond donors (Lipinski definition) is 17. The Bertz CT molecular complexity index is 2990. The van der Waals surface area contributed by atoms with Crippen LogP contribution >= 0.6 is 0 Å². The Morgan fingerprint density at radius 1 is 0.471 bits per heavy atom. The first-order valence-corrected chi connectivity index (χ1v) is 36.4. The van der Waals surface area contributed by atoms with E-state index in [1.165, 1.54) is 25.7 Å². The molecule has 1 saturated heterocycles. The smallest absolute Gasteiger partial charge is 0.326 e. The Balaban J connectivity index is 1.84. The number of nitrogens with two attached hydrogens (primary N) is 2. The van der Waals surface area contributed by atoms with Gasteiger partial charge < -0.3 is 95.1 Å². The summed E-state index contributed by atoms with van der Waals surface area (Å²) in [5.41, 5.74) is 11.4. The Morgan fingerprint density at radius 2 is 0.904 bits per heavy atom. The molecule has 1 aliphatic rings. The maximum absolute atomic E-state index is 14.0. The highest BCUT2D eigenvalue weighted by Crippen LogP contribution is 2.22. The number of carboxylic acids is 2. The number of aliphatic carboxylic acids is 2. The number of aliphatic hydroxyl groups excluding tert-OH is 3. The van der Waals surface area contributed by atoms with E-state index in [-0.39, 0.29) is 62.7 Å². The maximum Gasteiger partial charge on any atom is 0.326 e. The average Bonchev–Trinajstić information content (AvgIpc) is 1.28. The van der Waals surface area contributed by atoms with Crippen LogP contribution in [0.15, 0.2) is 30.3 Å². The summed E-state index contributed by atoms with van der Waals surface area (Å²) in [5.74, 6) is -14.4. The summed E-state index contributed by atoms with van der Waals surface area (Å²) in [6.45, 7) is 13.5. The summed E-state index contributed by atoms with van der Waals surface area (Å²) in [6.07, 6.45) is 7.12. The van der Waals surface area contributed by atoms with Crippen LogP contribution in [0.1, 0.15) is 209 Å². The van der Waals surface area contributed by atoms with E-state index in [2.05, 4.69) is 53.2 Å². The summed E-state index contributed by atoms with van der Waals surface area (Å²) >= 11 is 0. The molecule has 0 bridgehead atoms. The normalized spacial score (nSPS) is 16.5. The number of rotatable bonds is 52. The van der Waals surface area contributed by atoms with Gasteiger partial charge in [-0.3, -0.25) is 67.1 Å². The first kappa shape index (κ1) is 91.2. The van der Waals surface area contributed by atoms with Crippen molar-refractivity contribution in [1.29, 1.82) is 0 Å². The number of unbranched alkanes of at least 4 members (excludes halogenated alkanes) is 11. The van der Waals surface area contributed by atoms with E-state index in [0.29, 0.717) is 50.6 Å². The molecule has 586 valence electrons.